The Hall–Kier alpha value is -2.04. The number of rotatable bonds is 5. The van der Waals surface area contributed by atoms with E-state index in [1.54, 1.807) is 0 Å². The van der Waals surface area contributed by atoms with E-state index in [1.807, 2.05) is 25.1 Å². The van der Waals surface area contributed by atoms with Crippen LogP contribution in [-0.2, 0) is 11.2 Å². The summed E-state index contributed by atoms with van der Waals surface area (Å²) in [6, 6.07) is 5.89. The predicted molar refractivity (Wildman–Crippen MR) is 63.2 cm³/mol. The molecule has 5 heteroatoms. The number of carbonyl (C=O) groups excluding carboxylic acids is 1. The number of hydrazone groups is 1. The van der Waals surface area contributed by atoms with Gasteiger partial charge in [-0.3, -0.25) is 4.79 Å². The van der Waals surface area contributed by atoms with E-state index in [0.29, 0.717) is 13.2 Å². The molecule has 1 aromatic carbocycles. The minimum Gasteiger partial charge on any atom is -0.454 e. The van der Waals surface area contributed by atoms with Crippen LogP contribution in [0.15, 0.2) is 23.3 Å². The van der Waals surface area contributed by atoms with Crippen molar-refractivity contribution in [3.63, 3.8) is 0 Å². The Morgan fingerprint density at radius 1 is 1.47 bits per heavy atom. The molecule has 0 spiro atoms. The highest BCUT2D eigenvalue weighted by Gasteiger charge is 2.12. The van der Waals surface area contributed by atoms with Crippen LogP contribution in [0.25, 0.3) is 0 Å². The van der Waals surface area contributed by atoms with E-state index in [2.05, 4.69) is 10.5 Å². The van der Waals surface area contributed by atoms with Crippen molar-refractivity contribution in [1.29, 1.82) is 0 Å². The lowest BCUT2D eigenvalue weighted by atomic mass is 10.1. The summed E-state index contributed by atoms with van der Waals surface area (Å²) in [7, 11) is 0. The van der Waals surface area contributed by atoms with Crippen molar-refractivity contribution in [2.75, 3.05) is 6.79 Å². The van der Waals surface area contributed by atoms with Crippen molar-refractivity contribution in [3.05, 3.63) is 23.8 Å². The summed E-state index contributed by atoms with van der Waals surface area (Å²) in [5.41, 5.74) is 4.33. The maximum Gasteiger partial charge on any atom is 0.231 e. The van der Waals surface area contributed by atoms with Gasteiger partial charge in [0.1, 0.15) is 0 Å². The smallest absolute Gasteiger partial charge is 0.231 e. The SMILES string of the molecule is C/C(CCc1ccc2c(c1)OCO2)=N\NC=O. The Labute approximate surface area is 99.4 Å². The molecule has 0 aromatic heterocycles. The van der Waals surface area contributed by atoms with Gasteiger partial charge in [-0.15, -0.1) is 0 Å². The number of amides is 1. The fraction of sp³-hybridized carbons (Fsp3) is 0.333. The number of benzene rings is 1. The number of nitrogens with one attached hydrogen (secondary N) is 1. The maximum atomic E-state index is 10.1. The van der Waals surface area contributed by atoms with E-state index in [9.17, 15) is 4.79 Å². The van der Waals surface area contributed by atoms with Crippen LogP contribution in [0.4, 0.5) is 0 Å². The molecule has 1 N–H and O–H groups in total. The van der Waals surface area contributed by atoms with Gasteiger partial charge in [-0.25, -0.2) is 5.43 Å². The van der Waals surface area contributed by atoms with E-state index >= 15 is 0 Å². The summed E-state index contributed by atoms with van der Waals surface area (Å²) in [6.45, 7) is 2.17. The molecule has 0 unspecified atom stereocenters. The minimum atomic E-state index is 0.294. The molecule has 1 aliphatic heterocycles. The van der Waals surface area contributed by atoms with Gasteiger partial charge in [0.05, 0.1) is 0 Å². The molecule has 0 bridgehead atoms. The maximum absolute atomic E-state index is 10.1. The first-order valence-corrected chi connectivity index (χ1v) is 5.40. The first-order valence-electron chi connectivity index (χ1n) is 5.40. The predicted octanol–water partition coefficient (Wildman–Crippen LogP) is 1.47. The van der Waals surface area contributed by atoms with Gasteiger partial charge in [0.15, 0.2) is 11.5 Å². The molecule has 1 aliphatic rings. The zero-order valence-electron chi connectivity index (χ0n) is 9.60. The van der Waals surface area contributed by atoms with Crippen LogP contribution >= 0.6 is 0 Å². The van der Waals surface area contributed by atoms with Crippen LogP contribution in [0, 0.1) is 0 Å². The molecule has 0 saturated carbocycles. The van der Waals surface area contributed by atoms with Gasteiger partial charge >= 0.3 is 0 Å². The first-order chi connectivity index (χ1) is 8.29. The molecule has 1 aromatic rings. The van der Waals surface area contributed by atoms with Gasteiger partial charge < -0.3 is 9.47 Å². The van der Waals surface area contributed by atoms with Gasteiger partial charge in [-0.2, -0.15) is 5.10 Å². The van der Waals surface area contributed by atoms with Crippen LogP contribution in [0.2, 0.25) is 0 Å². The Balaban J connectivity index is 1.93. The summed E-state index contributed by atoms with van der Waals surface area (Å²) in [5, 5.41) is 3.87. The van der Waals surface area contributed by atoms with Gasteiger partial charge in [-0.05, 0) is 37.5 Å². The van der Waals surface area contributed by atoms with Crippen LogP contribution in [0.5, 0.6) is 11.5 Å². The lowest BCUT2D eigenvalue weighted by molar-refractivity contribution is -0.109. The second-order valence-electron chi connectivity index (χ2n) is 3.78. The number of hydrogen-bond acceptors (Lipinski definition) is 4. The van der Waals surface area contributed by atoms with E-state index in [4.69, 9.17) is 9.47 Å². The molecule has 1 amide bonds. The lowest BCUT2D eigenvalue weighted by Gasteiger charge is -2.03. The third-order valence-corrected chi connectivity index (χ3v) is 2.52. The second kappa shape index (κ2) is 5.34. The molecule has 2 rings (SSSR count). The van der Waals surface area contributed by atoms with E-state index in [-0.39, 0.29) is 0 Å². The molecule has 17 heavy (non-hydrogen) atoms. The highest BCUT2D eigenvalue weighted by atomic mass is 16.7. The van der Waals surface area contributed by atoms with Gasteiger partial charge in [0.25, 0.3) is 0 Å². The molecule has 1 heterocycles. The molecule has 0 atom stereocenters. The van der Waals surface area contributed by atoms with Gasteiger partial charge in [0, 0.05) is 5.71 Å². The standard InChI is InChI=1S/C12H14N2O3/c1-9(14-13-7-15)2-3-10-4-5-11-12(6-10)17-8-16-11/h4-7H,2-3,8H2,1H3,(H,13,15)/b14-9+. The van der Waals surface area contributed by atoms with E-state index in [0.717, 1.165) is 35.6 Å². The molecular weight excluding hydrogens is 220 g/mol. The van der Waals surface area contributed by atoms with Crippen molar-refractivity contribution in [2.24, 2.45) is 5.10 Å². The zero-order chi connectivity index (χ0) is 12.1. The quantitative estimate of drug-likeness (QED) is 0.477. The lowest BCUT2D eigenvalue weighted by Crippen LogP contribution is -2.06. The highest BCUT2D eigenvalue weighted by Crippen LogP contribution is 2.32. The number of fused-ring (bicyclic) bond motifs is 1. The summed E-state index contributed by atoms with van der Waals surface area (Å²) in [4.78, 5) is 10.1. The Kier molecular flexibility index (Phi) is 3.59. The zero-order valence-corrected chi connectivity index (χ0v) is 9.60. The van der Waals surface area contributed by atoms with Gasteiger partial charge in [-0.1, -0.05) is 6.07 Å². The molecule has 0 aliphatic carbocycles. The Bertz CT molecular complexity index is 443. The number of carbonyl (C=O) groups is 1. The van der Waals surface area contributed by atoms with Crippen LogP contribution in [0.1, 0.15) is 18.9 Å². The largest absolute Gasteiger partial charge is 0.454 e. The van der Waals surface area contributed by atoms with Crippen molar-refractivity contribution < 1.29 is 14.3 Å². The minimum absolute atomic E-state index is 0.294. The fourth-order valence-electron chi connectivity index (χ4n) is 1.61. The number of aryl methyl sites for hydroxylation is 1. The Morgan fingerprint density at radius 3 is 3.12 bits per heavy atom. The van der Waals surface area contributed by atoms with Crippen molar-refractivity contribution in [2.45, 2.75) is 19.8 Å². The van der Waals surface area contributed by atoms with E-state index < -0.39 is 0 Å². The average molecular weight is 234 g/mol. The average Bonchev–Trinajstić information content (AvgIpc) is 2.81. The van der Waals surface area contributed by atoms with Crippen molar-refractivity contribution in [1.82, 2.24) is 5.43 Å². The first kappa shape index (κ1) is 11.4. The second-order valence-corrected chi connectivity index (χ2v) is 3.78. The fourth-order valence-corrected chi connectivity index (χ4v) is 1.61. The molecule has 0 saturated heterocycles. The number of ether oxygens (including phenoxy) is 2. The summed E-state index contributed by atoms with van der Waals surface area (Å²) in [6.07, 6.45) is 2.21. The topological polar surface area (TPSA) is 59.9 Å². The molecule has 0 fully saturated rings. The van der Waals surface area contributed by atoms with Crippen LogP contribution in [0.3, 0.4) is 0 Å². The normalized spacial score (nSPS) is 13.6. The summed E-state index contributed by atoms with van der Waals surface area (Å²) < 4.78 is 10.5. The van der Waals surface area contributed by atoms with Crippen LogP contribution < -0.4 is 14.9 Å². The monoisotopic (exact) mass is 234 g/mol. The highest BCUT2D eigenvalue weighted by molar-refractivity contribution is 5.82. The van der Waals surface area contributed by atoms with Crippen molar-refractivity contribution >= 4 is 12.1 Å². The summed E-state index contributed by atoms with van der Waals surface area (Å²) >= 11 is 0. The Morgan fingerprint density at radius 2 is 2.29 bits per heavy atom. The van der Waals surface area contributed by atoms with Gasteiger partial charge in [0.2, 0.25) is 13.2 Å². The molecule has 0 radical (unpaired) electrons. The third kappa shape index (κ3) is 2.96. The number of nitrogens with zero attached hydrogens (tertiary/aromatic N) is 1. The summed E-state index contributed by atoms with van der Waals surface area (Å²) in [5.74, 6) is 1.59. The molecule has 5 nitrogen and oxygen atoms in total. The van der Waals surface area contributed by atoms with E-state index in [1.165, 1.54) is 0 Å². The van der Waals surface area contributed by atoms with Crippen molar-refractivity contribution in [3.8, 4) is 11.5 Å². The van der Waals surface area contributed by atoms with Crippen LogP contribution in [-0.4, -0.2) is 18.9 Å². The third-order valence-electron chi connectivity index (χ3n) is 2.52. The molecular formula is C12H14N2O3. The number of hydrogen-bond donors (Lipinski definition) is 1. The molecule has 90 valence electrons.